The van der Waals surface area contributed by atoms with Gasteiger partial charge in [0.2, 0.25) is 0 Å². The fraction of sp³-hybridized carbons (Fsp3) is 0.750. The zero-order valence-electron chi connectivity index (χ0n) is 21.2. The maximum absolute atomic E-state index is 13.7. The Hall–Kier alpha value is -2.87. The molecule has 222 valence electrons. The highest BCUT2D eigenvalue weighted by Gasteiger charge is 2.61. The van der Waals surface area contributed by atoms with E-state index in [0.29, 0.717) is 0 Å². The number of alkyl halides is 7. The number of hydrogen-bond donors (Lipinski definition) is 0. The van der Waals surface area contributed by atoms with Crippen LogP contribution in [-0.2, 0) is 38.1 Å². The van der Waals surface area contributed by atoms with E-state index in [9.17, 15) is 49.9 Å². The third-order valence-corrected chi connectivity index (χ3v) is 6.59. The van der Waals surface area contributed by atoms with Gasteiger partial charge in [0.15, 0.2) is 13.2 Å². The van der Waals surface area contributed by atoms with E-state index in [1.807, 2.05) is 0 Å². The molecule has 8 nitrogen and oxygen atoms in total. The monoisotopic (exact) mass is 578 g/mol. The molecule has 0 aromatic carbocycles. The molecule has 0 radical (unpaired) electrons. The molecule has 15 heteroatoms. The Bertz CT molecular complexity index is 949. The first-order chi connectivity index (χ1) is 17.9. The molecule has 5 unspecified atom stereocenters. The van der Waals surface area contributed by atoms with E-state index in [2.05, 4.69) is 11.3 Å². The molecule has 2 aliphatic rings. The number of rotatable bonds is 13. The second-order valence-corrected chi connectivity index (χ2v) is 9.71. The Morgan fingerprint density at radius 2 is 1.31 bits per heavy atom. The molecule has 0 aromatic rings. The Labute approximate surface area is 219 Å². The van der Waals surface area contributed by atoms with E-state index in [4.69, 9.17) is 14.2 Å². The van der Waals surface area contributed by atoms with Gasteiger partial charge < -0.3 is 18.9 Å². The summed E-state index contributed by atoms with van der Waals surface area (Å²) in [5.41, 5.74) is 0.0644. The zero-order chi connectivity index (χ0) is 29.8. The number of carbonyl (C=O) groups is 4. The predicted molar refractivity (Wildman–Crippen MR) is 116 cm³/mol. The van der Waals surface area contributed by atoms with Crippen LogP contribution in [0.5, 0.6) is 0 Å². The van der Waals surface area contributed by atoms with E-state index >= 15 is 0 Å². The summed E-state index contributed by atoms with van der Waals surface area (Å²) in [6.45, 7) is 1.91. The first-order valence-corrected chi connectivity index (χ1v) is 12.0. The standard InChI is InChI=1S/C24H29F7O8/c1-4-22(25,26)10-38-19(33)15-8-13-7-14(15)17(21(35)37-6-5-36-18(32)12(2)3)16(13)20(34)39-11-23(27,28)9-24(29,30)31/h13-17H,2,4-11H2,1,3H3. The summed E-state index contributed by atoms with van der Waals surface area (Å²) in [6, 6.07) is 0. The molecule has 5 atom stereocenters. The minimum atomic E-state index is -5.23. The second kappa shape index (κ2) is 12.5. The Morgan fingerprint density at radius 3 is 1.87 bits per heavy atom. The Balaban J connectivity index is 2.14. The lowest BCUT2D eigenvalue weighted by molar-refractivity contribution is -0.206. The van der Waals surface area contributed by atoms with Crippen LogP contribution in [0.2, 0.25) is 0 Å². The molecule has 2 fully saturated rings. The summed E-state index contributed by atoms with van der Waals surface area (Å²) in [6.07, 6.45) is -8.49. The SMILES string of the molecule is C=C(C)C(=O)OCCOC(=O)C1C2CC(CC2C(=O)OCC(F)(F)CC)C1C(=O)OCC(F)(F)CC(F)(F)F. The third-order valence-electron chi connectivity index (χ3n) is 6.59. The number of carbonyl (C=O) groups excluding carboxylic acids is 4. The fourth-order valence-corrected chi connectivity index (χ4v) is 4.79. The molecule has 0 saturated heterocycles. The van der Waals surface area contributed by atoms with Crippen LogP contribution in [0.3, 0.4) is 0 Å². The molecule has 39 heavy (non-hydrogen) atoms. The highest BCUT2D eigenvalue weighted by molar-refractivity contribution is 5.87. The van der Waals surface area contributed by atoms with Gasteiger partial charge in [0.1, 0.15) is 19.6 Å². The van der Waals surface area contributed by atoms with Gasteiger partial charge in [-0.1, -0.05) is 13.5 Å². The summed E-state index contributed by atoms with van der Waals surface area (Å²) in [7, 11) is 0. The molecule has 0 amide bonds. The molecule has 2 bridgehead atoms. The predicted octanol–water partition coefficient (Wildman–Crippen LogP) is 4.26. The summed E-state index contributed by atoms with van der Waals surface area (Å²) < 4.78 is 111. The van der Waals surface area contributed by atoms with Gasteiger partial charge in [0, 0.05) is 12.0 Å². The molecule has 0 heterocycles. The molecule has 2 aliphatic carbocycles. The third kappa shape index (κ3) is 9.09. The van der Waals surface area contributed by atoms with Gasteiger partial charge in [-0.3, -0.25) is 14.4 Å². The van der Waals surface area contributed by atoms with Crippen LogP contribution < -0.4 is 0 Å². The van der Waals surface area contributed by atoms with Crippen LogP contribution in [0.4, 0.5) is 30.7 Å². The first-order valence-electron chi connectivity index (χ1n) is 12.0. The molecular formula is C24H29F7O8. The quantitative estimate of drug-likeness (QED) is 0.105. The van der Waals surface area contributed by atoms with Crippen LogP contribution in [-0.4, -0.2) is 68.3 Å². The number of fused-ring (bicyclic) bond motifs is 2. The van der Waals surface area contributed by atoms with Crippen molar-refractivity contribution in [2.45, 2.75) is 57.6 Å². The van der Waals surface area contributed by atoms with Gasteiger partial charge in [0.25, 0.3) is 11.8 Å². The maximum Gasteiger partial charge on any atom is 0.394 e. The van der Waals surface area contributed by atoms with Crippen LogP contribution in [0.15, 0.2) is 12.2 Å². The molecule has 0 N–H and O–H groups in total. The van der Waals surface area contributed by atoms with E-state index in [1.54, 1.807) is 0 Å². The molecule has 2 rings (SSSR count). The Kier molecular flexibility index (Phi) is 10.4. The summed E-state index contributed by atoms with van der Waals surface area (Å²) in [5, 5.41) is 0. The van der Waals surface area contributed by atoms with Crippen LogP contribution >= 0.6 is 0 Å². The smallest absolute Gasteiger partial charge is 0.394 e. The fourth-order valence-electron chi connectivity index (χ4n) is 4.79. The number of ether oxygens (including phenoxy) is 4. The van der Waals surface area contributed by atoms with Crippen LogP contribution in [0.25, 0.3) is 0 Å². The van der Waals surface area contributed by atoms with Gasteiger partial charge in [0.05, 0.1) is 17.8 Å². The van der Waals surface area contributed by atoms with Crippen LogP contribution in [0, 0.1) is 29.6 Å². The lowest BCUT2D eigenvalue weighted by Crippen LogP contribution is -2.43. The van der Waals surface area contributed by atoms with Crippen molar-refractivity contribution in [3.05, 3.63) is 12.2 Å². The number of esters is 4. The molecule has 0 spiro atoms. The normalized spacial score (nSPS) is 24.7. The molecule has 2 saturated carbocycles. The minimum absolute atomic E-state index is 0.00700. The molecule has 0 aromatic heterocycles. The molecule has 0 aliphatic heterocycles. The highest BCUT2D eigenvalue weighted by atomic mass is 19.4. The van der Waals surface area contributed by atoms with E-state index < -0.39 is 111 Å². The van der Waals surface area contributed by atoms with E-state index in [1.165, 1.54) is 13.8 Å². The average Bonchev–Trinajstić information content (AvgIpc) is 3.41. The lowest BCUT2D eigenvalue weighted by atomic mass is 9.73. The van der Waals surface area contributed by atoms with Gasteiger partial charge >= 0.3 is 30.1 Å². The maximum atomic E-state index is 13.7. The van der Waals surface area contributed by atoms with Gasteiger partial charge in [-0.25, -0.2) is 22.4 Å². The van der Waals surface area contributed by atoms with Crippen molar-refractivity contribution in [3.63, 3.8) is 0 Å². The van der Waals surface area contributed by atoms with Gasteiger partial charge in [-0.05, 0) is 31.6 Å². The summed E-state index contributed by atoms with van der Waals surface area (Å²) in [5.74, 6) is -17.8. The largest absolute Gasteiger partial charge is 0.462 e. The van der Waals surface area contributed by atoms with Gasteiger partial charge in [-0.2, -0.15) is 13.2 Å². The topological polar surface area (TPSA) is 105 Å². The highest BCUT2D eigenvalue weighted by Crippen LogP contribution is 2.56. The van der Waals surface area contributed by atoms with E-state index in [-0.39, 0.29) is 18.4 Å². The van der Waals surface area contributed by atoms with Crippen molar-refractivity contribution in [2.24, 2.45) is 29.6 Å². The Morgan fingerprint density at radius 1 is 0.769 bits per heavy atom. The van der Waals surface area contributed by atoms with Crippen molar-refractivity contribution in [1.29, 1.82) is 0 Å². The second-order valence-electron chi connectivity index (χ2n) is 9.71. The van der Waals surface area contributed by atoms with Crippen molar-refractivity contribution in [1.82, 2.24) is 0 Å². The number of hydrogen-bond acceptors (Lipinski definition) is 8. The summed E-state index contributed by atoms with van der Waals surface area (Å²) in [4.78, 5) is 49.6. The minimum Gasteiger partial charge on any atom is -0.462 e. The average molecular weight is 578 g/mol. The number of halogens is 7. The van der Waals surface area contributed by atoms with E-state index in [0.717, 1.165) is 0 Å². The molecular weight excluding hydrogens is 549 g/mol. The van der Waals surface area contributed by atoms with Crippen molar-refractivity contribution in [2.75, 3.05) is 26.4 Å². The summed E-state index contributed by atoms with van der Waals surface area (Å²) >= 11 is 0. The van der Waals surface area contributed by atoms with Crippen molar-refractivity contribution in [3.8, 4) is 0 Å². The van der Waals surface area contributed by atoms with Gasteiger partial charge in [-0.15, -0.1) is 0 Å². The zero-order valence-corrected chi connectivity index (χ0v) is 21.2. The first kappa shape index (κ1) is 32.3. The van der Waals surface area contributed by atoms with Crippen LogP contribution in [0.1, 0.15) is 39.5 Å². The van der Waals surface area contributed by atoms with Crippen molar-refractivity contribution < 1.29 is 68.9 Å². The van der Waals surface area contributed by atoms with Crippen molar-refractivity contribution >= 4 is 23.9 Å². The lowest BCUT2D eigenvalue weighted by Gasteiger charge is -2.32.